The average Bonchev–Trinajstić information content (AvgIpc) is 1.90. The molecule has 0 fully saturated rings. The van der Waals surface area contributed by atoms with Crippen LogP contribution in [0.1, 0.15) is 6.92 Å². The van der Waals surface area contributed by atoms with Crippen molar-refractivity contribution < 1.29 is 0 Å². The first kappa shape index (κ1) is 5.63. The zero-order chi connectivity index (χ0) is 5.82. The zero-order valence-electron chi connectivity index (χ0n) is 5.22. The topological polar surface area (TPSA) is 15.3 Å². The lowest BCUT2D eigenvalue weighted by Crippen LogP contribution is -2.33. The van der Waals surface area contributed by atoms with Gasteiger partial charge in [-0.05, 0) is 13.1 Å². The van der Waals surface area contributed by atoms with Crippen LogP contribution in [-0.2, 0) is 0 Å². The number of nitrogens with one attached hydrogen (secondary N) is 1. The second-order valence-electron chi connectivity index (χ2n) is 1.90. The van der Waals surface area contributed by atoms with Gasteiger partial charge in [0.1, 0.15) is 0 Å². The van der Waals surface area contributed by atoms with Gasteiger partial charge in [-0.2, -0.15) is 0 Å². The summed E-state index contributed by atoms with van der Waals surface area (Å²) in [5.41, 5.74) is 0. The van der Waals surface area contributed by atoms with E-state index < -0.39 is 0 Å². The van der Waals surface area contributed by atoms with E-state index in [-0.39, 0.29) is 0 Å². The molecule has 0 aromatic carbocycles. The number of rotatable bonds is 1. The normalized spacial score (nSPS) is 19.4. The Morgan fingerprint density at radius 1 is 1.75 bits per heavy atom. The summed E-state index contributed by atoms with van der Waals surface area (Å²) in [5, 5.41) is 3.22. The van der Waals surface area contributed by atoms with Crippen LogP contribution in [0.5, 0.6) is 0 Å². The van der Waals surface area contributed by atoms with Crippen molar-refractivity contribution in [3.63, 3.8) is 0 Å². The second-order valence-corrected chi connectivity index (χ2v) is 1.90. The molecule has 46 valence electrons. The van der Waals surface area contributed by atoms with Crippen molar-refractivity contribution in [3.8, 4) is 0 Å². The van der Waals surface area contributed by atoms with E-state index >= 15 is 0 Å². The molecule has 0 aliphatic carbocycles. The summed E-state index contributed by atoms with van der Waals surface area (Å²) < 4.78 is 0. The lowest BCUT2D eigenvalue weighted by atomic mass is 10.5. The van der Waals surface area contributed by atoms with Gasteiger partial charge in [-0.1, -0.05) is 6.08 Å². The average molecular weight is 112 g/mol. The monoisotopic (exact) mass is 112 g/mol. The first-order valence-corrected chi connectivity index (χ1v) is 3.05. The van der Waals surface area contributed by atoms with Gasteiger partial charge in [0.25, 0.3) is 0 Å². The SMILES string of the molecule is CCN1C=CCNC1. The predicted octanol–water partition coefficient (Wildman–Crippen LogP) is 0.383. The Morgan fingerprint density at radius 2 is 2.62 bits per heavy atom. The molecule has 0 unspecified atom stereocenters. The minimum atomic E-state index is 1.01. The van der Waals surface area contributed by atoms with Crippen LogP contribution < -0.4 is 5.32 Å². The van der Waals surface area contributed by atoms with E-state index in [4.69, 9.17) is 0 Å². The summed E-state index contributed by atoms with van der Waals surface area (Å²) in [5.74, 6) is 0. The first-order chi connectivity index (χ1) is 3.93. The Labute approximate surface area is 50.2 Å². The molecule has 1 aliphatic rings. The molecule has 0 aromatic rings. The molecule has 1 rings (SSSR count). The third-order valence-corrected chi connectivity index (χ3v) is 1.30. The highest BCUT2D eigenvalue weighted by Gasteiger charge is 1.96. The Hall–Kier alpha value is -0.500. The van der Waals surface area contributed by atoms with Gasteiger partial charge in [0.2, 0.25) is 0 Å². The van der Waals surface area contributed by atoms with Gasteiger partial charge < -0.3 is 4.90 Å². The molecular formula is C6H12N2. The molecule has 0 amide bonds. The maximum absolute atomic E-state index is 3.22. The lowest BCUT2D eigenvalue weighted by molar-refractivity contribution is 0.351. The Bertz CT molecular complexity index is 88.5. The summed E-state index contributed by atoms with van der Waals surface area (Å²) in [6.45, 7) is 5.28. The van der Waals surface area contributed by atoms with E-state index in [1.165, 1.54) is 0 Å². The molecule has 2 nitrogen and oxygen atoms in total. The molecule has 0 atom stereocenters. The zero-order valence-corrected chi connectivity index (χ0v) is 5.22. The van der Waals surface area contributed by atoms with Gasteiger partial charge in [-0.25, -0.2) is 0 Å². The fraction of sp³-hybridized carbons (Fsp3) is 0.667. The second kappa shape index (κ2) is 2.72. The smallest absolute Gasteiger partial charge is 0.0678 e. The van der Waals surface area contributed by atoms with Crippen molar-refractivity contribution in [2.24, 2.45) is 0 Å². The van der Waals surface area contributed by atoms with Crippen molar-refractivity contribution in [3.05, 3.63) is 12.3 Å². The van der Waals surface area contributed by atoms with Crippen molar-refractivity contribution in [1.82, 2.24) is 10.2 Å². The number of hydrogen-bond donors (Lipinski definition) is 1. The van der Waals surface area contributed by atoms with E-state index in [0.29, 0.717) is 0 Å². The van der Waals surface area contributed by atoms with Gasteiger partial charge >= 0.3 is 0 Å². The van der Waals surface area contributed by atoms with Crippen molar-refractivity contribution >= 4 is 0 Å². The number of nitrogens with zero attached hydrogens (tertiary/aromatic N) is 1. The predicted molar refractivity (Wildman–Crippen MR) is 34.4 cm³/mol. The van der Waals surface area contributed by atoms with Crippen LogP contribution in [0.15, 0.2) is 12.3 Å². The Kier molecular flexibility index (Phi) is 1.92. The van der Waals surface area contributed by atoms with Crippen LogP contribution in [0.2, 0.25) is 0 Å². The van der Waals surface area contributed by atoms with Crippen molar-refractivity contribution in [1.29, 1.82) is 0 Å². The number of hydrogen-bond acceptors (Lipinski definition) is 2. The largest absolute Gasteiger partial charge is 0.365 e. The summed E-state index contributed by atoms with van der Waals surface area (Å²) in [7, 11) is 0. The maximum atomic E-state index is 3.22. The van der Waals surface area contributed by atoms with Gasteiger partial charge in [-0.15, -0.1) is 0 Å². The molecule has 0 bridgehead atoms. The summed E-state index contributed by atoms with van der Waals surface area (Å²) in [4.78, 5) is 2.23. The molecule has 0 spiro atoms. The first-order valence-electron chi connectivity index (χ1n) is 3.05. The van der Waals surface area contributed by atoms with Gasteiger partial charge in [0, 0.05) is 13.1 Å². The van der Waals surface area contributed by atoms with Gasteiger partial charge in [0.15, 0.2) is 0 Å². The van der Waals surface area contributed by atoms with E-state index in [1.54, 1.807) is 0 Å². The highest BCUT2D eigenvalue weighted by Crippen LogP contribution is 1.89. The third-order valence-electron chi connectivity index (χ3n) is 1.30. The highest BCUT2D eigenvalue weighted by atomic mass is 15.2. The summed E-state index contributed by atoms with van der Waals surface area (Å²) in [6.07, 6.45) is 4.27. The Morgan fingerprint density at radius 3 is 3.00 bits per heavy atom. The molecule has 1 aliphatic heterocycles. The molecule has 8 heavy (non-hydrogen) atoms. The molecule has 0 aromatic heterocycles. The molecular weight excluding hydrogens is 100 g/mol. The van der Waals surface area contributed by atoms with E-state index in [2.05, 4.69) is 29.4 Å². The summed E-state index contributed by atoms with van der Waals surface area (Å²) in [6, 6.07) is 0. The van der Waals surface area contributed by atoms with E-state index in [0.717, 1.165) is 19.8 Å². The fourth-order valence-corrected chi connectivity index (χ4v) is 0.763. The third kappa shape index (κ3) is 1.23. The standard InChI is InChI=1S/C6H12N2/c1-2-8-5-3-4-7-6-8/h3,5,7H,2,4,6H2,1H3. The van der Waals surface area contributed by atoms with E-state index in [1.807, 2.05) is 0 Å². The summed E-state index contributed by atoms with van der Waals surface area (Å²) >= 11 is 0. The van der Waals surface area contributed by atoms with Crippen LogP contribution in [0.25, 0.3) is 0 Å². The van der Waals surface area contributed by atoms with Gasteiger partial charge in [0.05, 0.1) is 6.67 Å². The lowest BCUT2D eigenvalue weighted by Gasteiger charge is -2.21. The van der Waals surface area contributed by atoms with Gasteiger partial charge in [-0.3, -0.25) is 5.32 Å². The van der Waals surface area contributed by atoms with Crippen LogP contribution in [0.3, 0.4) is 0 Å². The minimum absolute atomic E-state index is 1.01. The molecule has 2 heteroatoms. The van der Waals surface area contributed by atoms with E-state index in [9.17, 15) is 0 Å². The molecule has 0 radical (unpaired) electrons. The minimum Gasteiger partial charge on any atom is -0.365 e. The maximum Gasteiger partial charge on any atom is 0.0678 e. The quantitative estimate of drug-likeness (QED) is 0.527. The molecule has 0 saturated heterocycles. The highest BCUT2D eigenvalue weighted by molar-refractivity contribution is 4.87. The molecule has 1 heterocycles. The van der Waals surface area contributed by atoms with Crippen LogP contribution >= 0.6 is 0 Å². The van der Waals surface area contributed by atoms with Crippen LogP contribution in [0.4, 0.5) is 0 Å². The van der Waals surface area contributed by atoms with Crippen molar-refractivity contribution in [2.75, 3.05) is 19.8 Å². The van der Waals surface area contributed by atoms with Crippen LogP contribution in [-0.4, -0.2) is 24.7 Å². The molecule has 0 saturated carbocycles. The van der Waals surface area contributed by atoms with Crippen LogP contribution in [0, 0.1) is 0 Å². The molecule has 1 N–H and O–H groups in total. The Balaban J connectivity index is 2.32. The fourth-order valence-electron chi connectivity index (χ4n) is 0.763. The van der Waals surface area contributed by atoms with Crippen molar-refractivity contribution in [2.45, 2.75) is 6.92 Å².